The average molecular weight is 508 g/mol. The van der Waals surface area contributed by atoms with Crippen molar-refractivity contribution in [3.8, 4) is 11.5 Å². The highest BCUT2D eigenvalue weighted by molar-refractivity contribution is 5.88. The van der Waals surface area contributed by atoms with E-state index >= 15 is 0 Å². The first-order valence-corrected chi connectivity index (χ1v) is 10.7. The van der Waals surface area contributed by atoms with E-state index in [-0.39, 0.29) is 17.1 Å². The summed E-state index contributed by atoms with van der Waals surface area (Å²) in [5.41, 5.74) is -5.64. The van der Waals surface area contributed by atoms with E-state index in [9.17, 15) is 31.1 Å². The Balaban J connectivity index is 2.02. The second kappa shape index (κ2) is 10.1. The minimum atomic E-state index is -5.75. The molecular formula is C27H22F6O3. The summed E-state index contributed by atoms with van der Waals surface area (Å²) in [6.07, 6.45) is -12.0. The number of benzene rings is 3. The Labute approximate surface area is 204 Å². The first kappa shape index (κ1) is 26.8. The van der Waals surface area contributed by atoms with Gasteiger partial charge in [-0.25, -0.2) is 4.79 Å². The van der Waals surface area contributed by atoms with E-state index in [4.69, 9.17) is 9.47 Å². The molecule has 0 aromatic heterocycles. The Hall–Kier alpha value is -3.75. The zero-order chi connectivity index (χ0) is 26.7. The van der Waals surface area contributed by atoms with E-state index in [2.05, 4.69) is 6.58 Å². The van der Waals surface area contributed by atoms with Crippen LogP contribution in [0.4, 0.5) is 26.3 Å². The number of hydrogen-bond donors (Lipinski definition) is 0. The van der Waals surface area contributed by atoms with Crippen LogP contribution in [0.3, 0.4) is 0 Å². The molecular weight excluding hydrogens is 486 g/mol. The summed E-state index contributed by atoms with van der Waals surface area (Å²) in [6, 6.07) is 15.6. The lowest BCUT2D eigenvalue weighted by molar-refractivity contribution is -0.288. The summed E-state index contributed by atoms with van der Waals surface area (Å²) in [5.74, 6) is -0.972. The molecule has 0 aliphatic heterocycles. The quantitative estimate of drug-likeness (QED) is 0.142. The Kier molecular flexibility index (Phi) is 7.52. The maximum Gasteiger partial charge on any atom is 0.411 e. The van der Waals surface area contributed by atoms with Gasteiger partial charge in [0.2, 0.25) is 5.41 Å². The van der Waals surface area contributed by atoms with Gasteiger partial charge in [-0.1, -0.05) is 61.2 Å². The highest BCUT2D eigenvalue weighted by Crippen LogP contribution is 2.56. The van der Waals surface area contributed by atoms with Crippen molar-refractivity contribution in [2.24, 2.45) is 0 Å². The number of hydrogen-bond acceptors (Lipinski definition) is 3. The fourth-order valence-corrected chi connectivity index (χ4v) is 3.73. The monoisotopic (exact) mass is 508 g/mol. The fourth-order valence-electron chi connectivity index (χ4n) is 3.73. The molecule has 0 bridgehead atoms. The molecule has 1 unspecified atom stereocenters. The van der Waals surface area contributed by atoms with Gasteiger partial charge in [-0.2, -0.15) is 26.3 Å². The average Bonchev–Trinajstić information content (AvgIpc) is 2.80. The van der Waals surface area contributed by atoms with Crippen LogP contribution in [0.25, 0.3) is 0 Å². The molecule has 0 saturated carbocycles. The molecule has 0 spiro atoms. The van der Waals surface area contributed by atoms with Crippen LogP contribution in [0.1, 0.15) is 36.6 Å². The number of carbonyl (C=O) groups is 1. The van der Waals surface area contributed by atoms with E-state index in [1.54, 1.807) is 37.3 Å². The molecule has 36 heavy (non-hydrogen) atoms. The lowest BCUT2D eigenvalue weighted by Crippen LogP contribution is -2.54. The molecule has 190 valence electrons. The van der Waals surface area contributed by atoms with Gasteiger partial charge in [-0.15, -0.1) is 0 Å². The summed E-state index contributed by atoms with van der Waals surface area (Å²) in [7, 11) is 0. The van der Waals surface area contributed by atoms with E-state index in [0.29, 0.717) is 12.1 Å². The standard InChI is InChI=1S/C27H22F6O3/c1-17(2)24(34)36-23-15-11-21(12-16-23)25(26(28,29)30,27(31,32)33)20-9-13-22(14-10-20)35-18(3)19-7-5-4-6-8-19/h4-16,18H,1H2,2-3H3. The van der Waals surface area contributed by atoms with Crippen molar-refractivity contribution in [1.82, 2.24) is 0 Å². The molecule has 0 aliphatic rings. The number of esters is 1. The first-order chi connectivity index (χ1) is 16.8. The Morgan fingerprint density at radius 2 is 1.19 bits per heavy atom. The maximum absolute atomic E-state index is 14.3. The van der Waals surface area contributed by atoms with Crippen LogP contribution in [0.2, 0.25) is 0 Å². The van der Waals surface area contributed by atoms with Gasteiger partial charge in [0.05, 0.1) is 0 Å². The molecule has 0 amide bonds. The topological polar surface area (TPSA) is 35.5 Å². The maximum atomic E-state index is 14.3. The summed E-state index contributed by atoms with van der Waals surface area (Å²) < 4.78 is 96.6. The number of rotatable bonds is 7. The zero-order valence-corrected chi connectivity index (χ0v) is 19.3. The van der Waals surface area contributed by atoms with E-state index in [1.807, 2.05) is 0 Å². The molecule has 0 saturated heterocycles. The number of ether oxygens (including phenoxy) is 2. The van der Waals surface area contributed by atoms with Gasteiger partial charge in [0.15, 0.2) is 0 Å². The molecule has 9 heteroatoms. The van der Waals surface area contributed by atoms with Crippen LogP contribution in [-0.4, -0.2) is 18.3 Å². The van der Waals surface area contributed by atoms with Gasteiger partial charge in [-0.05, 0) is 54.8 Å². The Morgan fingerprint density at radius 1 is 0.750 bits per heavy atom. The van der Waals surface area contributed by atoms with E-state index in [0.717, 1.165) is 42.0 Å². The van der Waals surface area contributed by atoms with Crippen LogP contribution in [0, 0.1) is 0 Å². The van der Waals surface area contributed by atoms with Crippen molar-refractivity contribution in [2.75, 3.05) is 0 Å². The van der Waals surface area contributed by atoms with Crippen LogP contribution < -0.4 is 9.47 Å². The number of alkyl halides is 6. The van der Waals surface area contributed by atoms with Crippen LogP contribution >= 0.6 is 0 Å². The normalized spacial score (nSPS) is 13.1. The summed E-state index contributed by atoms with van der Waals surface area (Å²) >= 11 is 0. The van der Waals surface area contributed by atoms with Crippen molar-refractivity contribution in [2.45, 2.75) is 37.7 Å². The smallest absolute Gasteiger partial charge is 0.411 e. The third kappa shape index (κ3) is 5.24. The van der Waals surface area contributed by atoms with E-state index in [1.165, 1.54) is 6.92 Å². The van der Waals surface area contributed by atoms with Crippen molar-refractivity contribution < 1.29 is 40.6 Å². The summed E-state index contributed by atoms with van der Waals surface area (Å²) in [4.78, 5) is 11.6. The molecule has 0 N–H and O–H groups in total. The Bertz CT molecular complexity index is 1180. The number of carbonyl (C=O) groups excluding carboxylic acids is 1. The summed E-state index contributed by atoms with van der Waals surface area (Å²) in [5, 5.41) is 0. The molecule has 3 nitrogen and oxygen atoms in total. The Morgan fingerprint density at radius 3 is 1.61 bits per heavy atom. The van der Waals surface area contributed by atoms with Gasteiger partial charge in [0, 0.05) is 5.57 Å². The summed E-state index contributed by atoms with van der Waals surface area (Å²) in [6.45, 7) is 6.43. The molecule has 3 aromatic carbocycles. The second-order valence-electron chi connectivity index (χ2n) is 8.13. The molecule has 0 fully saturated rings. The van der Waals surface area contributed by atoms with Crippen molar-refractivity contribution in [1.29, 1.82) is 0 Å². The lowest BCUT2D eigenvalue weighted by Gasteiger charge is -2.38. The van der Waals surface area contributed by atoms with Gasteiger partial charge >= 0.3 is 18.3 Å². The molecule has 0 aliphatic carbocycles. The second-order valence-corrected chi connectivity index (χ2v) is 8.13. The van der Waals surface area contributed by atoms with Crippen LogP contribution in [0.5, 0.6) is 11.5 Å². The van der Waals surface area contributed by atoms with Crippen LogP contribution in [0.15, 0.2) is 91.0 Å². The third-order valence-electron chi connectivity index (χ3n) is 5.57. The van der Waals surface area contributed by atoms with Gasteiger partial charge in [0.25, 0.3) is 0 Å². The predicted octanol–water partition coefficient (Wildman–Crippen LogP) is 7.72. The molecule has 3 rings (SSSR count). The predicted molar refractivity (Wildman–Crippen MR) is 122 cm³/mol. The molecule has 0 radical (unpaired) electrons. The highest BCUT2D eigenvalue weighted by Gasteiger charge is 2.72. The molecule has 1 atom stereocenters. The molecule has 3 aromatic rings. The van der Waals surface area contributed by atoms with Gasteiger partial charge in [-0.3, -0.25) is 0 Å². The van der Waals surface area contributed by atoms with Crippen molar-refractivity contribution in [3.63, 3.8) is 0 Å². The first-order valence-electron chi connectivity index (χ1n) is 10.7. The van der Waals surface area contributed by atoms with Crippen molar-refractivity contribution >= 4 is 5.97 Å². The fraction of sp³-hybridized carbons (Fsp3) is 0.222. The van der Waals surface area contributed by atoms with E-state index < -0.39 is 41.0 Å². The highest BCUT2D eigenvalue weighted by atomic mass is 19.4. The minimum absolute atomic E-state index is 0.0166. The van der Waals surface area contributed by atoms with Gasteiger partial charge < -0.3 is 9.47 Å². The zero-order valence-electron chi connectivity index (χ0n) is 19.3. The largest absolute Gasteiger partial charge is 0.486 e. The van der Waals surface area contributed by atoms with Gasteiger partial charge in [0.1, 0.15) is 17.6 Å². The molecule has 0 heterocycles. The lowest BCUT2D eigenvalue weighted by atomic mass is 9.73. The van der Waals surface area contributed by atoms with Crippen LogP contribution in [-0.2, 0) is 10.2 Å². The third-order valence-corrected chi connectivity index (χ3v) is 5.57. The minimum Gasteiger partial charge on any atom is -0.486 e. The number of halogens is 6. The van der Waals surface area contributed by atoms with Crippen molar-refractivity contribution in [3.05, 3.63) is 108 Å². The SMILES string of the molecule is C=C(C)C(=O)Oc1ccc(C(c2ccc(OC(C)c3ccccc3)cc2)(C(F)(F)F)C(F)(F)F)cc1.